The van der Waals surface area contributed by atoms with E-state index in [0.29, 0.717) is 18.9 Å². The summed E-state index contributed by atoms with van der Waals surface area (Å²) in [5.41, 5.74) is 5.38. The Morgan fingerprint density at radius 3 is 3.07 bits per heavy atom. The zero-order valence-corrected chi connectivity index (χ0v) is 9.58. The van der Waals surface area contributed by atoms with Crippen LogP contribution in [0.25, 0.3) is 0 Å². The second kappa shape index (κ2) is 6.80. The first kappa shape index (κ1) is 12.5. The van der Waals surface area contributed by atoms with Crippen molar-refractivity contribution in [3.63, 3.8) is 0 Å². The van der Waals surface area contributed by atoms with Gasteiger partial charge in [0.05, 0.1) is 6.61 Å². The number of rotatable bonds is 5. The molecule has 1 unspecified atom stereocenters. The normalized spacial score (nSPS) is 21.7. The van der Waals surface area contributed by atoms with Crippen LogP contribution in [-0.4, -0.2) is 43.7 Å². The van der Waals surface area contributed by atoms with Crippen molar-refractivity contribution in [3.05, 3.63) is 0 Å². The van der Waals surface area contributed by atoms with E-state index in [0.717, 1.165) is 32.7 Å². The van der Waals surface area contributed by atoms with Gasteiger partial charge >= 0.3 is 0 Å². The number of nitrogens with two attached hydrogens (primary N) is 1. The van der Waals surface area contributed by atoms with Gasteiger partial charge in [0.1, 0.15) is 0 Å². The quantitative estimate of drug-likeness (QED) is 0.729. The molecule has 1 fully saturated rings. The summed E-state index contributed by atoms with van der Waals surface area (Å²) in [5, 5.41) is 0. The first-order valence-corrected chi connectivity index (χ1v) is 5.83. The average molecular weight is 214 g/mol. The minimum atomic E-state index is 0.193. The molecule has 0 aromatic rings. The van der Waals surface area contributed by atoms with Gasteiger partial charge in [0.15, 0.2) is 0 Å². The molecule has 0 aliphatic carbocycles. The topological polar surface area (TPSA) is 55.6 Å². The SMILES string of the molecule is CCOCC1CCCN(C(=O)CCN)C1. The summed E-state index contributed by atoms with van der Waals surface area (Å²) >= 11 is 0. The summed E-state index contributed by atoms with van der Waals surface area (Å²) < 4.78 is 5.40. The number of piperidine rings is 1. The molecule has 0 bridgehead atoms. The molecule has 4 heteroatoms. The lowest BCUT2D eigenvalue weighted by Gasteiger charge is -2.32. The molecular formula is C11H22N2O2. The Morgan fingerprint density at radius 1 is 1.60 bits per heavy atom. The molecule has 1 atom stereocenters. The summed E-state index contributed by atoms with van der Waals surface area (Å²) in [6.45, 7) is 5.72. The number of nitrogens with zero attached hydrogens (tertiary/aromatic N) is 1. The fourth-order valence-electron chi connectivity index (χ4n) is 1.99. The molecule has 0 aromatic heterocycles. The predicted molar refractivity (Wildman–Crippen MR) is 59.5 cm³/mol. The van der Waals surface area contributed by atoms with Crippen LogP contribution >= 0.6 is 0 Å². The van der Waals surface area contributed by atoms with Crippen LogP contribution in [0.3, 0.4) is 0 Å². The molecule has 0 radical (unpaired) electrons. The van der Waals surface area contributed by atoms with E-state index in [1.54, 1.807) is 0 Å². The van der Waals surface area contributed by atoms with Crippen molar-refractivity contribution in [1.82, 2.24) is 4.90 Å². The summed E-state index contributed by atoms with van der Waals surface area (Å²) in [4.78, 5) is 13.6. The number of carbonyl (C=O) groups excluding carboxylic acids is 1. The lowest BCUT2D eigenvalue weighted by Crippen LogP contribution is -2.41. The van der Waals surface area contributed by atoms with Crippen LogP contribution in [0.2, 0.25) is 0 Å². The Hall–Kier alpha value is -0.610. The molecule has 4 nitrogen and oxygen atoms in total. The Balaban J connectivity index is 2.31. The monoisotopic (exact) mass is 214 g/mol. The van der Waals surface area contributed by atoms with Gasteiger partial charge in [-0.15, -0.1) is 0 Å². The number of amides is 1. The van der Waals surface area contributed by atoms with E-state index in [2.05, 4.69) is 0 Å². The fraction of sp³-hybridized carbons (Fsp3) is 0.909. The van der Waals surface area contributed by atoms with Crippen LogP contribution in [0.1, 0.15) is 26.2 Å². The number of carbonyl (C=O) groups is 1. The third-order valence-corrected chi connectivity index (χ3v) is 2.79. The smallest absolute Gasteiger partial charge is 0.223 e. The van der Waals surface area contributed by atoms with E-state index in [9.17, 15) is 4.79 Å². The van der Waals surface area contributed by atoms with Crippen molar-refractivity contribution in [1.29, 1.82) is 0 Å². The first-order chi connectivity index (χ1) is 7.27. The maximum atomic E-state index is 11.6. The van der Waals surface area contributed by atoms with E-state index < -0.39 is 0 Å². The molecule has 1 aliphatic rings. The lowest BCUT2D eigenvalue weighted by molar-refractivity contribution is -0.133. The van der Waals surface area contributed by atoms with Gasteiger partial charge in [0.2, 0.25) is 5.91 Å². The number of ether oxygens (including phenoxy) is 1. The predicted octanol–water partition coefficient (Wildman–Crippen LogP) is 0.610. The summed E-state index contributed by atoms with van der Waals surface area (Å²) in [6, 6.07) is 0. The second-order valence-electron chi connectivity index (χ2n) is 4.05. The standard InChI is InChI=1S/C11H22N2O2/c1-2-15-9-10-4-3-7-13(8-10)11(14)5-6-12/h10H,2-9,12H2,1H3. The molecular weight excluding hydrogens is 192 g/mol. The van der Waals surface area contributed by atoms with Crippen LogP contribution in [0.4, 0.5) is 0 Å². The Labute approximate surface area is 91.8 Å². The number of hydrogen-bond donors (Lipinski definition) is 1. The first-order valence-electron chi connectivity index (χ1n) is 5.83. The molecule has 2 N–H and O–H groups in total. The molecule has 1 rings (SSSR count). The summed E-state index contributed by atoms with van der Waals surface area (Å²) in [6.07, 6.45) is 2.74. The van der Waals surface area contributed by atoms with Crippen molar-refractivity contribution in [2.24, 2.45) is 11.7 Å². The van der Waals surface area contributed by atoms with Crippen molar-refractivity contribution >= 4 is 5.91 Å². The van der Waals surface area contributed by atoms with Crippen LogP contribution in [0, 0.1) is 5.92 Å². The molecule has 1 aliphatic heterocycles. The highest BCUT2D eigenvalue weighted by Gasteiger charge is 2.22. The minimum absolute atomic E-state index is 0.193. The van der Waals surface area contributed by atoms with Crippen LogP contribution in [0.5, 0.6) is 0 Å². The van der Waals surface area contributed by atoms with Crippen LogP contribution in [-0.2, 0) is 9.53 Å². The average Bonchev–Trinajstić information content (AvgIpc) is 2.27. The number of likely N-dealkylation sites (tertiary alicyclic amines) is 1. The summed E-state index contributed by atoms with van der Waals surface area (Å²) in [7, 11) is 0. The van der Waals surface area contributed by atoms with Crippen LogP contribution in [0.15, 0.2) is 0 Å². The van der Waals surface area contributed by atoms with Gasteiger partial charge in [0, 0.05) is 32.7 Å². The third-order valence-electron chi connectivity index (χ3n) is 2.79. The van der Waals surface area contributed by atoms with Crippen molar-refractivity contribution in [3.8, 4) is 0 Å². The zero-order valence-electron chi connectivity index (χ0n) is 9.58. The van der Waals surface area contributed by atoms with Crippen molar-refractivity contribution < 1.29 is 9.53 Å². The molecule has 1 amide bonds. The molecule has 0 spiro atoms. The Kier molecular flexibility index (Phi) is 5.65. The Bertz CT molecular complexity index is 197. The van der Waals surface area contributed by atoms with Gasteiger partial charge in [0.25, 0.3) is 0 Å². The number of hydrogen-bond acceptors (Lipinski definition) is 3. The summed E-state index contributed by atoms with van der Waals surface area (Å²) in [5.74, 6) is 0.708. The van der Waals surface area contributed by atoms with Gasteiger partial charge in [-0.05, 0) is 25.7 Å². The minimum Gasteiger partial charge on any atom is -0.381 e. The van der Waals surface area contributed by atoms with E-state index in [1.807, 2.05) is 11.8 Å². The van der Waals surface area contributed by atoms with E-state index >= 15 is 0 Å². The molecule has 15 heavy (non-hydrogen) atoms. The third kappa shape index (κ3) is 4.18. The Morgan fingerprint density at radius 2 is 2.40 bits per heavy atom. The second-order valence-corrected chi connectivity index (χ2v) is 4.05. The van der Waals surface area contributed by atoms with Crippen LogP contribution < -0.4 is 5.73 Å². The van der Waals surface area contributed by atoms with Gasteiger partial charge in [-0.3, -0.25) is 4.79 Å². The maximum absolute atomic E-state index is 11.6. The highest BCUT2D eigenvalue weighted by atomic mass is 16.5. The molecule has 0 saturated carbocycles. The van der Waals surface area contributed by atoms with E-state index in [4.69, 9.17) is 10.5 Å². The van der Waals surface area contributed by atoms with Gasteiger partial charge in [-0.1, -0.05) is 0 Å². The lowest BCUT2D eigenvalue weighted by atomic mass is 9.99. The van der Waals surface area contributed by atoms with Gasteiger partial charge in [-0.25, -0.2) is 0 Å². The molecule has 1 saturated heterocycles. The highest BCUT2D eigenvalue weighted by molar-refractivity contribution is 5.76. The van der Waals surface area contributed by atoms with Crippen molar-refractivity contribution in [2.45, 2.75) is 26.2 Å². The fourth-order valence-corrected chi connectivity index (χ4v) is 1.99. The van der Waals surface area contributed by atoms with E-state index in [-0.39, 0.29) is 5.91 Å². The molecule has 88 valence electrons. The molecule has 1 heterocycles. The molecule has 0 aromatic carbocycles. The highest BCUT2D eigenvalue weighted by Crippen LogP contribution is 2.17. The van der Waals surface area contributed by atoms with Gasteiger partial charge < -0.3 is 15.4 Å². The van der Waals surface area contributed by atoms with E-state index in [1.165, 1.54) is 6.42 Å². The maximum Gasteiger partial charge on any atom is 0.223 e. The largest absolute Gasteiger partial charge is 0.381 e. The van der Waals surface area contributed by atoms with Crippen molar-refractivity contribution in [2.75, 3.05) is 32.8 Å². The van der Waals surface area contributed by atoms with Gasteiger partial charge in [-0.2, -0.15) is 0 Å². The zero-order chi connectivity index (χ0) is 11.1.